The van der Waals surface area contributed by atoms with Crippen molar-refractivity contribution in [3.05, 3.63) is 60.0 Å². The number of hydrogen-bond donors (Lipinski definition) is 2. The number of benzene rings is 1. The summed E-state index contributed by atoms with van der Waals surface area (Å²) in [6.45, 7) is 1.72. The van der Waals surface area contributed by atoms with Crippen LogP contribution in [-0.4, -0.2) is 32.0 Å². The van der Waals surface area contributed by atoms with Crippen LogP contribution in [0.4, 0.5) is 0 Å². The van der Waals surface area contributed by atoms with E-state index in [1.54, 1.807) is 19.2 Å². The van der Waals surface area contributed by atoms with Gasteiger partial charge in [-0.15, -0.1) is 0 Å². The lowest BCUT2D eigenvalue weighted by atomic mass is 9.86. The number of carbonyl (C=O) groups excluding carboxylic acids is 1. The average molecular weight is 352 g/mol. The first-order valence-corrected chi connectivity index (χ1v) is 8.65. The fourth-order valence-electron chi connectivity index (χ4n) is 3.07. The molecule has 134 valence electrons. The van der Waals surface area contributed by atoms with Gasteiger partial charge in [-0.3, -0.25) is 9.48 Å². The van der Waals surface area contributed by atoms with E-state index in [-0.39, 0.29) is 23.7 Å². The summed E-state index contributed by atoms with van der Waals surface area (Å²) in [7, 11) is 0. The Labute approximate surface area is 150 Å². The molecule has 26 heavy (non-hydrogen) atoms. The molecule has 2 N–H and O–H groups in total. The fourth-order valence-corrected chi connectivity index (χ4v) is 3.07. The summed E-state index contributed by atoms with van der Waals surface area (Å²) in [4.78, 5) is 12.3. The summed E-state index contributed by atoms with van der Waals surface area (Å²) in [6.07, 6.45) is 4.62. The predicted octanol–water partition coefficient (Wildman–Crippen LogP) is 2.72. The van der Waals surface area contributed by atoms with E-state index in [2.05, 4.69) is 15.6 Å². The Bertz CT molecular complexity index is 894. The number of hydrogen-bond acceptors (Lipinski definition) is 5. The first-order chi connectivity index (χ1) is 12.6. The Balaban J connectivity index is 1.33. The van der Waals surface area contributed by atoms with Gasteiger partial charge in [0.05, 0.1) is 18.3 Å². The number of rotatable bonds is 5. The fraction of sp³-hybridized carbons (Fsp3) is 0.316. The molecular formula is C19H20N4O3. The van der Waals surface area contributed by atoms with E-state index >= 15 is 0 Å². The zero-order valence-corrected chi connectivity index (χ0v) is 14.4. The molecule has 1 saturated carbocycles. The molecule has 0 unspecified atom stereocenters. The summed E-state index contributed by atoms with van der Waals surface area (Å²) >= 11 is 0. The Morgan fingerprint density at radius 1 is 1.35 bits per heavy atom. The smallest absolute Gasteiger partial charge is 0.273 e. The first kappa shape index (κ1) is 16.5. The maximum absolute atomic E-state index is 12.3. The van der Waals surface area contributed by atoms with Gasteiger partial charge < -0.3 is 14.9 Å². The Morgan fingerprint density at radius 3 is 2.81 bits per heavy atom. The minimum Gasteiger partial charge on any atom is -0.389 e. The van der Waals surface area contributed by atoms with Crippen LogP contribution in [0.3, 0.4) is 0 Å². The van der Waals surface area contributed by atoms with Crippen LogP contribution >= 0.6 is 0 Å². The minimum atomic E-state index is -0.523. The van der Waals surface area contributed by atoms with Crippen molar-refractivity contribution in [3.63, 3.8) is 0 Å². The van der Waals surface area contributed by atoms with Crippen molar-refractivity contribution < 1.29 is 14.4 Å². The van der Waals surface area contributed by atoms with Crippen LogP contribution in [0.15, 0.2) is 53.3 Å². The van der Waals surface area contributed by atoms with Gasteiger partial charge >= 0.3 is 0 Å². The zero-order chi connectivity index (χ0) is 18.1. The van der Waals surface area contributed by atoms with E-state index in [0.717, 1.165) is 24.0 Å². The van der Waals surface area contributed by atoms with Crippen molar-refractivity contribution in [1.82, 2.24) is 20.3 Å². The van der Waals surface area contributed by atoms with E-state index in [0.29, 0.717) is 5.76 Å². The number of nitrogens with one attached hydrogen (secondary N) is 1. The van der Waals surface area contributed by atoms with E-state index in [4.69, 9.17) is 4.52 Å². The second kappa shape index (κ2) is 6.76. The van der Waals surface area contributed by atoms with Crippen molar-refractivity contribution in [2.24, 2.45) is 0 Å². The van der Waals surface area contributed by atoms with Crippen LogP contribution < -0.4 is 5.32 Å². The van der Waals surface area contributed by atoms with Crippen molar-refractivity contribution >= 4 is 5.91 Å². The van der Waals surface area contributed by atoms with E-state index in [9.17, 15) is 9.90 Å². The number of amides is 1. The van der Waals surface area contributed by atoms with Gasteiger partial charge in [0.25, 0.3) is 5.91 Å². The van der Waals surface area contributed by atoms with Crippen LogP contribution in [0.2, 0.25) is 0 Å². The molecule has 2 aromatic heterocycles. The lowest BCUT2D eigenvalue weighted by molar-refractivity contribution is 0.0879. The molecule has 7 nitrogen and oxygen atoms in total. The Kier molecular flexibility index (Phi) is 4.30. The molecular weight excluding hydrogens is 332 g/mol. The van der Waals surface area contributed by atoms with Gasteiger partial charge in [-0.2, -0.15) is 5.10 Å². The highest BCUT2D eigenvalue weighted by atomic mass is 16.5. The zero-order valence-electron chi connectivity index (χ0n) is 14.4. The second-order valence-electron chi connectivity index (χ2n) is 6.67. The van der Waals surface area contributed by atoms with Crippen LogP contribution in [0, 0.1) is 0 Å². The molecule has 0 bridgehead atoms. The standard InChI is InChI=1S/C19H20N4O3/c1-12(24)14-10-20-23(11-14)16-7-15(8-16)21-19(25)17-9-18(26-22-17)13-5-3-2-4-6-13/h2-6,9-12,15-16,24H,7-8H2,1H3,(H,21,25)/t12-,15-,16-/m0/s1. The molecule has 1 atom stereocenters. The van der Waals surface area contributed by atoms with Gasteiger partial charge in [0.15, 0.2) is 11.5 Å². The molecule has 4 rings (SSSR count). The van der Waals surface area contributed by atoms with Gasteiger partial charge in [-0.25, -0.2) is 0 Å². The van der Waals surface area contributed by atoms with E-state index < -0.39 is 6.10 Å². The van der Waals surface area contributed by atoms with Crippen LogP contribution in [0.5, 0.6) is 0 Å². The van der Waals surface area contributed by atoms with Crippen molar-refractivity contribution in [2.75, 3.05) is 0 Å². The van der Waals surface area contributed by atoms with Crippen LogP contribution in [0.1, 0.15) is 48.0 Å². The highest BCUT2D eigenvalue weighted by Gasteiger charge is 2.33. The quantitative estimate of drug-likeness (QED) is 0.736. The number of aliphatic hydroxyl groups excluding tert-OH is 1. The number of nitrogens with zero attached hydrogens (tertiary/aromatic N) is 3. The van der Waals surface area contributed by atoms with E-state index in [1.807, 2.05) is 41.2 Å². The highest BCUT2D eigenvalue weighted by molar-refractivity contribution is 5.93. The Hall–Kier alpha value is -2.93. The summed E-state index contributed by atoms with van der Waals surface area (Å²) in [5.41, 5.74) is 1.96. The number of aromatic nitrogens is 3. The van der Waals surface area contributed by atoms with Gasteiger partial charge in [0.2, 0.25) is 0 Å². The molecule has 3 aromatic rings. The number of carbonyl (C=O) groups is 1. The molecule has 7 heteroatoms. The summed E-state index contributed by atoms with van der Waals surface area (Å²) in [5, 5.41) is 20.7. The normalized spacial score (nSPS) is 20.4. The van der Waals surface area contributed by atoms with Crippen LogP contribution in [0.25, 0.3) is 11.3 Å². The van der Waals surface area contributed by atoms with Gasteiger partial charge in [0.1, 0.15) is 0 Å². The number of aliphatic hydroxyl groups is 1. The largest absolute Gasteiger partial charge is 0.389 e. The van der Waals surface area contributed by atoms with Gasteiger partial charge in [0, 0.05) is 29.4 Å². The van der Waals surface area contributed by atoms with Gasteiger partial charge in [-0.1, -0.05) is 35.5 Å². The molecule has 1 aliphatic rings. The molecule has 0 aliphatic heterocycles. The van der Waals surface area contributed by atoms with Crippen LogP contribution in [-0.2, 0) is 0 Å². The summed E-state index contributed by atoms with van der Waals surface area (Å²) < 4.78 is 7.13. The molecule has 1 aliphatic carbocycles. The highest BCUT2D eigenvalue weighted by Crippen LogP contribution is 2.32. The third-order valence-electron chi connectivity index (χ3n) is 4.73. The molecule has 0 radical (unpaired) electrons. The summed E-state index contributed by atoms with van der Waals surface area (Å²) in [5.74, 6) is 0.342. The van der Waals surface area contributed by atoms with Crippen molar-refractivity contribution in [1.29, 1.82) is 0 Å². The SMILES string of the molecule is C[C@H](O)c1cnn([C@H]2C[C@H](NC(=O)c3cc(-c4ccccc4)on3)C2)c1. The summed E-state index contributed by atoms with van der Waals surface area (Å²) in [6, 6.07) is 11.5. The molecule has 0 spiro atoms. The molecule has 1 amide bonds. The lowest BCUT2D eigenvalue weighted by Gasteiger charge is -2.35. The van der Waals surface area contributed by atoms with Gasteiger partial charge in [-0.05, 0) is 19.8 Å². The molecule has 1 aromatic carbocycles. The molecule has 0 saturated heterocycles. The first-order valence-electron chi connectivity index (χ1n) is 8.65. The van der Waals surface area contributed by atoms with Crippen molar-refractivity contribution in [2.45, 2.75) is 38.0 Å². The third kappa shape index (κ3) is 3.25. The minimum absolute atomic E-state index is 0.0866. The third-order valence-corrected chi connectivity index (χ3v) is 4.73. The average Bonchev–Trinajstić information content (AvgIpc) is 3.28. The monoisotopic (exact) mass is 352 g/mol. The van der Waals surface area contributed by atoms with Crippen molar-refractivity contribution in [3.8, 4) is 11.3 Å². The second-order valence-corrected chi connectivity index (χ2v) is 6.67. The molecule has 2 heterocycles. The maximum Gasteiger partial charge on any atom is 0.273 e. The predicted molar refractivity (Wildman–Crippen MR) is 94.3 cm³/mol. The van der Waals surface area contributed by atoms with E-state index in [1.165, 1.54) is 0 Å². The lowest BCUT2D eigenvalue weighted by Crippen LogP contribution is -2.45. The Morgan fingerprint density at radius 2 is 2.12 bits per heavy atom. The molecule has 1 fully saturated rings. The maximum atomic E-state index is 12.3. The topological polar surface area (TPSA) is 93.2 Å².